The summed E-state index contributed by atoms with van der Waals surface area (Å²) >= 11 is 0. The molecular formula is C33H34N6O6. The third kappa shape index (κ3) is 9.64. The fourth-order valence-electron chi connectivity index (χ4n) is 4.09. The van der Waals surface area contributed by atoms with Gasteiger partial charge in [0.1, 0.15) is 11.5 Å². The molecule has 0 aromatic heterocycles. The Bertz CT molecular complexity index is 1500. The van der Waals surface area contributed by atoms with Gasteiger partial charge in [-0.05, 0) is 66.1 Å². The van der Waals surface area contributed by atoms with Crippen LogP contribution in [-0.2, 0) is 6.42 Å². The van der Waals surface area contributed by atoms with E-state index in [0.717, 1.165) is 21.1 Å². The zero-order chi connectivity index (χ0) is 32.0. The fourth-order valence-corrected chi connectivity index (χ4v) is 4.09. The van der Waals surface area contributed by atoms with Crippen LogP contribution < -0.4 is 10.6 Å². The number of carbonyl (C=O) groups is 2. The van der Waals surface area contributed by atoms with Gasteiger partial charge in [0.25, 0.3) is 0 Å². The summed E-state index contributed by atoms with van der Waals surface area (Å²) in [5.74, 6) is 0.0502. The molecule has 45 heavy (non-hydrogen) atoms. The van der Waals surface area contributed by atoms with Crippen LogP contribution in [-0.4, -0.2) is 81.2 Å². The van der Waals surface area contributed by atoms with Crippen molar-refractivity contribution in [2.24, 2.45) is 10.2 Å². The van der Waals surface area contributed by atoms with Crippen LogP contribution in [0.3, 0.4) is 0 Å². The third-order valence-corrected chi connectivity index (χ3v) is 6.46. The first-order valence-corrected chi connectivity index (χ1v) is 14.1. The Labute approximate surface area is 260 Å². The Morgan fingerprint density at radius 3 is 1.33 bits per heavy atom. The maximum Gasteiger partial charge on any atom is 0.342 e. The van der Waals surface area contributed by atoms with E-state index in [1.165, 1.54) is 24.6 Å². The predicted octanol–water partition coefficient (Wildman–Crippen LogP) is 4.41. The molecule has 4 aromatic rings. The van der Waals surface area contributed by atoms with Crippen LogP contribution in [0.2, 0.25) is 0 Å². The van der Waals surface area contributed by atoms with Crippen molar-refractivity contribution in [2.45, 2.75) is 6.42 Å². The first-order chi connectivity index (χ1) is 21.9. The molecule has 4 aromatic carbocycles. The second-order valence-electron chi connectivity index (χ2n) is 9.73. The van der Waals surface area contributed by atoms with E-state index in [1.807, 2.05) is 24.3 Å². The lowest BCUT2D eigenvalue weighted by molar-refractivity contribution is 0.191. The van der Waals surface area contributed by atoms with E-state index >= 15 is 0 Å². The van der Waals surface area contributed by atoms with Crippen LogP contribution in [0.1, 0.15) is 22.3 Å². The highest BCUT2D eigenvalue weighted by molar-refractivity contribution is 5.92. The Kier molecular flexibility index (Phi) is 11.6. The molecule has 0 unspecified atom stereocenters. The van der Waals surface area contributed by atoms with Crippen molar-refractivity contribution < 1.29 is 30.0 Å². The third-order valence-electron chi connectivity index (χ3n) is 6.46. The van der Waals surface area contributed by atoms with Crippen molar-refractivity contribution in [3.8, 4) is 11.5 Å². The molecule has 0 heterocycles. The van der Waals surface area contributed by atoms with Gasteiger partial charge < -0.3 is 31.1 Å². The molecule has 0 radical (unpaired) electrons. The standard InChI is InChI=1S/C33H34N6O6/c40-19-17-38(34-22-26-5-1-3-7-30(26)42)32(44)36-28-13-9-24(10-14-28)21-25-11-15-29(16-12-25)37-33(45)39(18-20-41)35-23-27-6-2-4-8-31(27)43/h1-16,22-23,40-43H,17-21H2,(H,36,44)(H,37,45)/b34-22+,35-23+. The number of carbonyl (C=O) groups excluding carboxylic acids is 2. The van der Waals surface area contributed by atoms with Crippen LogP contribution in [0.25, 0.3) is 0 Å². The first-order valence-electron chi connectivity index (χ1n) is 14.1. The predicted molar refractivity (Wildman–Crippen MR) is 173 cm³/mol. The number of aliphatic hydroxyl groups is 2. The summed E-state index contributed by atoms with van der Waals surface area (Å²) in [5, 5.41) is 54.4. The fraction of sp³-hybridized carbons (Fsp3) is 0.152. The van der Waals surface area contributed by atoms with Gasteiger partial charge in [-0.3, -0.25) is 0 Å². The summed E-state index contributed by atoms with van der Waals surface area (Å²) in [7, 11) is 0. The monoisotopic (exact) mass is 610 g/mol. The molecule has 6 N–H and O–H groups in total. The summed E-state index contributed by atoms with van der Waals surface area (Å²) in [5.41, 5.74) is 3.93. The van der Waals surface area contributed by atoms with E-state index in [1.54, 1.807) is 60.7 Å². The van der Waals surface area contributed by atoms with Gasteiger partial charge in [0.05, 0.1) is 38.7 Å². The highest BCUT2D eigenvalue weighted by atomic mass is 16.3. The van der Waals surface area contributed by atoms with Crippen molar-refractivity contribution in [1.82, 2.24) is 10.0 Å². The minimum atomic E-state index is -0.539. The molecule has 0 saturated carbocycles. The molecule has 12 nitrogen and oxygen atoms in total. The molecule has 232 valence electrons. The Morgan fingerprint density at radius 2 is 0.978 bits per heavy atom. The summed E-state index contributed by atoms with van der Waals surface area (Å²) in [4.78, 5) is 25.5. The number of phenols is 2. The van der Waals surface area contributed by atoms with Gasteiger partial charge in [-0.1, -0.05) is 48.5 Å². The number of aromatic hydroxyl groups is 2. The average Bonchev–Trinajstić information content (AvgIpc) is 3.04. The summed E-state index contributed by atoms with van der Waals surface area (Å²) < 4.78 is 0. The zero-order valence-electron chi connectivity index (χ0n) is 24.3. The maximum absolute atomic E-state index is 12.8. The number of nitrogens with one attached hydrogen (secondary N) is 2. The molecule has 4 rings (SSSR count). The number of hydrazone groups is 2. The van der Waals surface area contributed by atoms with Crippen LogP contribution in [0.4, 0.5) is 21.0 Å². The maximum atomic E-state index is 12.8. The van der Waals surface area contributed by atoms with Crippen LogP contribution in [0, 0.1) is 0 Å². The van der Waals surface area contributed by atoms with Gasteiger partial charge in [0.2, 0.25) is 0 Å². The quantitative estimate of drug-likeness (QED) is 0.103. The number of amides is 4. The zero-order valence-corrected chi connectivity index (χ0v) is 24.3. The van der Waals surface area contributed by atoms with Crippen LogP contribution >= 0.6 is 0 Å². The smallest absolute Gasteiger partial charge is 0.342 e. The number of hydrogen-bond donors (Lipinski definition) is 6. The van der Waals surface area contributed by atoms with Gasteiger partial charge in [-0.25, -0.2) is 19.6 Å². The minimum absolute atomic E-state index is 0.0251. The lowest BCUT2D eigenvalue weighted by Crippen LogP contribution is -2.33. The van der Waals surface area contributed by atoms with Crippen molar-refractivity contribution in [3.05, 3.63) is 119 Å². The molecule has 4 amide bonds. The number of nitrogens with zero attached hydrogens (tertiary/aromatic N) is 4. The largest absolute Gasteiger partial charge is 0.507 e. The van der Waals surface area contributed by atoms with E-state index in [9.17, 15) is 30.0 Å². The summed E-state index contributed by atoms with van der Waals surface area (Å²) in [6.45, 7) is -0.645. The van der Waals surface area contributed by atoms with E-state index in [4.69, 9.17) is 0 Å². The van der Waals surface area contributed by atoms with Crippen LogP contribution in [0.5, 0.6) is 11.5 Å². The second-order valence-corrected chi connectivity index (χ2v) is 9.73. The molecule has 0 saturated heterocycles. The van der Waals surface area contributed by atoms with Crippen molar-refractivity contribution in [2.75, 3.05) is 36.9 Å². The molecule has 0 spiro atoms. The number of urea groups is 2. The number of anilines is 2. The average molecular weight is 611 g/mol. The van der Waals surface area contributed by atoms with Gasteiger partial charge in [-0.15, -0.1) is 0 Å². The Morgan fingerprint density at radius 1 is 0.600 bits per heavy atom. The second kappa shape index (κ2) is 16.2. The number of hydrogen-bond acceptors (Lipinski definition) is 8. The van der Waals surface area contributed by atoms with E-state index in [2.05, 4.69) is 20.8 Å². The molecular weight excluding hydrogens is 576 g/mol. The van der Waals surface area contributed by atoms with Crippen molar-refractivity contribution >= 4 is 35.9 Å². The van der Waals surface area contributed by atoms with Gasteiger partial charge in [-0.2, -0.15) is 10.2 Å². The first kappa shape index (κ1) is 32.2. The van der Waals surface area contributed by atoms with E-state index < -0.39 is 12.1 Å². The minimum Gasteiger partial charge on any atom is -0.507 e. The summed E-state index contributed by atoms with van der Waals surface area (Å²) in [6.07, 6.45) is 3.30. The molecule has 0 atom stereocenters. The number of benzene rings is 4. The normalized spacial score (nSPS) is 11.1. The molecule has 0 fully saturated rings. The molecule has 0 bridgehead atoms. The SMILES string of the molecule is O=C(Nc1ccc(Cc2ccc(NC(=O)N(CCO)/N=C/c3ccccc3O)cc2)cc1)N(CCO)/N=C/c1ccccc1O. The lowest BCUT2D eigenvalue weighted by Gasteiger charge is -2.17. The van der Waals surface area contributed by atoms with Crippen LogP contribution in [0.15, 0.2) is 107 Å². The summed E-state index contributed by atoms with van der Waals surface area (Å²) in [6, 6.07) is 26.6. The lowest BCUT2D eigenvalue weighted by atomic mass is 10.0. The molecule has 0 aliphatic carbocycles. The molecule has 12 heteroatoms. The number of aliphatic hydroxyl groups excluding tert-OH is 2. The number of para-hydroxylation sites is 2. The number of rotatable bonds is 12. The van der Waals surface area contributed by atoms with E-state index in [-0.39, 0.29) is 37.8 Å². The highest BCUT2D eigenvalue weighted by Crippen LogP contribution is 2.18. The van der Waals surface area contributed by atoms with Crippen molar-refractivity contribution in [3.63, 3.8) is 0 Å². The molecule has 0 aliphatic rings. The van der Waals surface area contributed by atoms with Gasteiger partial charge in [0, 0.05) is 22.5 Å². The topological polar surface area (TPSA) is 170 Å². The molecule has 0 aliphatic heterocycles. The number of phenolic OH excluding ortho intramolecular Hbond substituents is 2. The Hall–Kier alpha value is -5.72. The van der Waals surface area contributed by atoms with E-state index in [0.29, 0.717) is 28.9 Å². The highest BCUT2D eigenvalue weighted by Gasteiger charge is 2.14. The van der Waals surface area contributed by atoms with Gasteiger partial charge in [0.15, 0.2) is 0 Å². The van der Waals surface area contributed by atoms with Gasteiger partial charge >= 0.3 is 12.1 Å². The Balaban J connectivity index is 1.32. The van der Waals surface area contributed by atoms with Crippen molar-refractivity contribution in [1.29, 1.82) is 0 Å².